The molecule has 15 heavy (non-hydrogen) atoms. The van der Waals surface area contributed by atoms with Crippen molar-refractivity contribution in [3.05, 3.63) is 16.0 Å². The molecule has 0 fully saturated rings. The standard InChI is InChI=1S/C9H17N5O/c1-7-8(15)11-9(13-12-7)10-5-4-6-14(2)3/h4-6H2,1-3H3,(H2,10,11,13,15). The molecule has 0 aliphatic heterocycles. The summed E-state index contributed by atoms with van der Waals surface area (Å²) in [6.45, 7) is 3.39. The first kappa shape index (κ1) is 11.6. The molecule has 1 heterocycles. The number of aromatic amines is 1. The van der Waals surface area contributed by atoms with Gasteiger partial charge in [-0.15, -0.1) is 10.2 Å². The fourth-order valence-electron chi connectivity index (χ4n) is 1.08. The minimum Gasteiger partial charge on any atom is -0.354 e. The predicted molar refractivity (Wildman–Crippen MR) is 59.1 cm³/mol. The molecule has 0 atom stereocenters. The van der Waals surface area contributed by atoms with Crippen molar-refractivity contribution < 1.29 is 0 Å². The Morgan fingerprint density at radius 3 is 2.73 bits per heavy atom. The van der Waals surface area contributed by atoms with Gasteiger partial charge in [-0.25, -0.2) is 0 Å². The van der Waals surface area contributed by atoms with Gasteiger partial charge in [0, 0.05) is 6.54 Å². The van der Waals surface area contributed by atoms with E-state index in [9.17, 15) is 4.79 Å². The van der Waals surface area contributed by atoms with E-state index in [2.05, 4.69) is 25.4 Å². The molecule has 1 aromatic rings. The van der Waals surface area contributed by atoms with Gasteiger partial charge in [-0.1, -0.05) is 0 Å². The average Bonchev–Trinajstić information content (AvgIpc) is 2.18. The zero-order valence-corrected chi connectivity index (χ0v) is 9.37. The van der Waals surface area contributed by atoms with Gasteiger partial charge in [0.05, 0.1) is 0 Å². The summed E-state index contributed by atoms with van der Waals surface area (Å²) < 4.78 is 0. The highest BCUT2D eigenvalue weighted by molar-refractivity contribution is 5.20. The number of nitrogens with one attached hydrogen (secondary N) is 2. The maximum atomic E-state index is 11.2. The lowest BCUT2D eigenvalue weighted by Crippen LogP contribution is -2.20. The minimum atomic E-state index is -0.194. The molecule has 6 heteroatoms. The molecule has 0 amide bonds. The van der Waals surface area contributed by atoms with Crippen LogP contribution in [0, 0.1) is 6.92 Å². The highest BCUT2D eigenvalue weighted by Gasteiger charge is 1.98. The van der Waals surface area contributed by atoms with Crippen molar-refractivity contribution in [3.8, 4) is 0 Å². The lowest BCUT2D eigenvalue weighted by molar-refractivity contribution is 0.405. The maximum absolute atomic E-state index is 11.2. The number of nitrogens with zero attached hydrogens (tertiary/aromatic N) is 3. The van der Waals surface area contributed by atoms with Gasteiger partial charge < -0.3 is 10.2 Å². The Bertz CT molecular complexity index is 360. The van der Waals surface area contributed by atoms with Crippen molar-refractivity contribution in [2.75, 3.05) is 32.5 Å². The lowest BCUT2D eigenvalue weighted by Gasteiger charge is -2.09. The predicted octanol–water partition coefficient (Wildman–Crippen LogP) is -0.163. The van der Waals surface area contributed by atoms with Crippen molar-refractivity contribution in [1.82, 2.24) is 20.1 Å². The van der Waals surface area contributed by atoms with Crippen LogP contribution in [0.2, 0.25) is 0 Å². The van der Waals surface area contributed by atoms with E-state index in [0.717, 1.165) is 19.5 Å². The summed E-state index contributed by atoms with van der Waals surface area (Å²) in [5.74, 6) is 0.435. The van der Waals surface area contributed by atoms with Crippen molar-refractivity contribution in [1.29, 1.82) is 0 Å². The fraction of sp³-hybridized carbons (Fsp3) is 0.667. The largest absolute Gasteiger partial charge is 0.354 e. The SMILES string of the molecule is Cc1nnc(NCCCN(C)C)[nH]c1=O. The van der Waals surface area contributed by atoms with Crippen LogP contribution in [0.1, 0.15) is 12.1 Å². The molecule has 6 nitrogen and oxygen atoms in total. The number of hydrogen-bond donors (Lipinski definition) is 2. The van der Waals surface area contributed by atoms with Crippen molar-refractivity contribution >= 4 is 5.95 Å². The Labute approximate surface area is 88.7 Å². The second kappa shape index (κ2) is 5.45. The average molecular weight is 211 g/mol. The molecule has 0 aliphatic carbocycles. The summed E-state index contributed by atoms with van der Waals surface area (Å²) >= 11 is 0. The van der Waals surface area contributed by atoms with Crippen LogP contribution in [-0.4, -0.2) is 47.3 Å². The first-order valence-electron chi connectivity index (χ1n) is 4.92. The smallest absolute Gasteiger partial charge is 0.273 e. The summed E-state index contributed by atoms with van der Waals surface area (Å²) in [5, 5.41) is 10.6. The van der Waals surface area contributed by atoms with Gasteiger partial charge in [-0.05, 0) is 34.0 Å². The van der Waals surface area contributed by atoms with Crippen LogP contribution in [0.25, 0.3) is 0 Å². The van der Waals surface area contributed by atoms with Gasteiger partial charge >= 0.3 is 0 Å². The fourth-order valence-corrected chi connectivity index (χ4v) is 1.08. The van der Waals surface area contributed by atoms with E-state index in [1.165, 1.54) is 0 Å². The Balaban J connectivity index is 2.38. The van der Waals surface area contributed by atoms with E-state index < -0.39 is 0 Å². The zero-order valence-electron chi connectivity index (χ0n) is 9.37. The number of hydrogen-bond acceptors (Lipinski definition) is 5. The number of aryl methyl sites for hydroxylation is 1. The number of rotatable bonds is 5. The molecule has 0 aromatic carbocycles. The van der Waals surface area contributed by atoms with E-state index in [1.54, 1.807) is 6.92 Å². The van der Waals surface area contributed by atoms with Crippen LogP contribution in [0.3, 0.4) is 0 Å². The van der Waals surface area contributed by atoms with Crippen molar-refractivity contribution in [3.63, 3.8) is 0 Å². The lowest BCUT2D eigenvalue weighted by atomic mass is 10.4. The Morgan fingerprint density at radius 1 is 1.40 bits per heavy atom. The normalized spacial score (nSPS) is 10.7. The Hall–Kier alpha value is -1.43. The zero-order chi connectivity index (χ0) is 11.3. The molecule has 0 saturated carbocycles. The number of aromatic nitrogens is 3. The maximum Gasteiger partial charge on any atom is 0.273 e. The number of H-pyrrole nitrogens is 1. The van der Waals surface area contributed by atoms with Gasteiger partial charge in [0.15, 0.2) is 0 Å². The Morgan fingerprint density at radius 2 is 2.13 bits per heavy atom. The highest BCUT2D eigenvalue weighted by Crippen LogP contribution is 1.91. The molecule has 84 valence electrons. The van der Waals surface area contributed by atoms with Gasteiger partial charge in [-0.2, -0.15) is 0 Å². The molecule has 0 spiro atoms. The van der Waals surface area contributed by atoms with E-state index in [0.29, 0.717) is 11.6 Å². The van der Waals surface area contributed by atoms with E-state index >= 15 is 0 Å². The monoisotopic (exact) mass is 211 g/mol. The van der Waals surface area contributed by atoms with Crippen LogP contribution >= 0.6 is 0 Å². The second-order valence-corrected chi connectivity index (χ2v) is 3.67. The second-order valence-electron chi connectivity index (χ2n) is 3.67. The summed E-state index contributed by atoms with van der Waals surface area (Å²) in [5.41, 5.74) is 0.189. The quantitative estimate of drug-likeness (QED) is 0.662. The van der Waals surface area contributed by atoms with E-state index in [4.69, 9.17) is 0 Å². The highest BCUT2D eigenvalue weighted by atomic mass is 16.1. The third-order valence-corrected chi connectivity index (χ3v) is 1.94. The van der Waals surface area contributed by atoms with Gasteiger partial charge in [-0.3, -0.25) is 9.78 Å². The third kappa shape index (κ3) is 4.07. The molecule has 0 unspecified atom stereocenters. The van der Waals surface area contributed by atoms with E-state index in [1.807, 2.05) is 14.1 Å². The Kier molecular flexibility index (Phi) is 4.23. The topological polar surface area (TPSA) is 73.9 Å². The van der Waals surface area contributed by atoms with Gasteiger partial charge in [0.25, 0.3) is 5.56 Å². The molecule has 1 rings (SSSR count). The summed E-state index contributed by atoms with van der Waals surface area (Å²) in [4.78, 5) is 15.9. The van der Waals surface area contributed by atoms with Crippen LogP contribution in [0.15, 0.2) is 4.79 Å². The summed E-state index contributed by atoms with van der Waals surface area (Å²) in [6, 6.07) is 0. The van der Waals surface area contributed by atoms with Gasteiger partial charge in [0.1, 0.15) is 5.69 Å². The molecule has 0 saturated heterocycles. The first-order chi connectivity index (χ1) is 7.09. The molecule has 0 aliphatic rings. The van der Waals surface area contributed by atoms with Crippen molar-refractivity contribution in [2.45, 2.75) is 13.3 Å². The molecular weight excluding hydrogens is 194 g/mol. The third-order valence-electron chi connectivity index (χ3n) is 1.94. The van der Waals surface area contributed by atoms with E-state index in [-0.39, 0.29) is 5.56 Å². The van der Waals surface area contributed by atoms with Gasteiger partial charge in [0.2, 0.25) is 5.95 Å². The molecule has 0 radical (unpaired) electrons. The minimum absolute atomic E-state index is 0.194. The molecular formula is C9H17N5O. The molecule has 1 aromatic heterocycles. The first-order valence-corrected chi connectivity index (χ1v) is 4.92. The number of anilines is 1. The summed E-state index contributed by atoms with van der Waals surface area (Å²) in [6.07, 6.45) is 0.991. The van der Waals surface area contributed by atoms with Crippen LogP contribution < -0.4 is 10.9 Å². The summed E-state index contributed by atoms with van der Waals surface area (Å²) in [7, 11) is 4.04. The van der Waals surface area contributed by atoms with Crippen LogP contribution in [0.5, 0.6) is 0 Å². The van der Waals surface area contributed by atoms with Crippen LogP contribution in [-0.2, 0) is 0 Å². The van der Waals surface area contributed by atoms with Crippen molar-refractivity contribution in [2.24, 2.45) is 0 Å². The molecule has 0 bridgehead atoms. The molecule has 2 N–H and O–H groups in total. The van der Waals surface area contributed by atoms with Crippen LogP contribution in [0.4, 0.5) is 5.95 Å².